The van der Waals surface area contributed by atoms with Gasteiger partial charge in [-0.1, -0.05) is 30.7 Å². The summed E-state index contributed by atoms with van der Waals surface area (Å²) in [6.07, 6.45) is 7.21. The highest BCUT2D eigenvalue weighted by atomic mass is 16.4. The molecule has 0 radical (unpaired) electrons. The molecule has 0 spiro atoms. The molecule has 0 saturated carbocycles. The molecule has 1 unspecified atom stereocenters. The zero-order chi connectivity index (χ0) is 8.27. The summed E-state index contributed by atoms with van der Waals surface area (Å²) in [5.74, 6) is -1.02. The van der Waals surface area contributed by atoms with E-state index in [-0.39, 0.29) is 5.92 Å². The first-order valence-corrected chi connectivity index (χ1v) is 3.83. The highest BCUT2D eigenvalue weighted by molar-refractivity contribution is 5.73. The molecule has 0 aromatic heterocycles. The van der Waals surface area contributed by atoms with E-state index in [1.807, 2.05) is 19.1 Å². The van der Waals surface area contributed by atoms with E-state index < -0.39 is 5.97 Å². The Morgan fingerprint density at radius 2 is 2.55 bits per heavy atom. The van der Waals surface area contributed by atoms with Crippen molar-refractivity contribution in [3.8, 4) is 0 Å². The van der Waals surface area contributed by atoms with Crippen LogP contribution in [-0.4, -0.2) is 11.1 Å². The number of allylic oxidation sites excluding steroid dienone is 3. The van der Waals surface area contributed by atoms with Gasteiger partial charge in [-0.2, -0.15) is 0 Å². The minimum Gasteiger partial charge on any atom is -0.481 e. The van der Waals surface area contributed by atoms with E-state index in [1.54, 1.807) is 6.08 Å². The number of hydrogen-bond acceptors (Lipinski definition) is 1. The SMILES string of the molecule is CCC1=CC=CC(C(=O)O)C1. The number of carboxylic acids is 1. The van der Waals surface area contributed by atoms with Gasteiger partial charge in [-0.15, -0.1) is 0 Å². The smallest absolute Gasteiger partial charge is 0.310 e. The maximum atomic E-state index is 10.5. The molecule has 1 aliphatic rings. The molecule has 0 aromatic rings. The molecule has 2 heteroatoms. The quantitative estimate of drug-likeness (QED) is 0.657. The lowest BCUT2D eigenvalue weighted by Crippen LogP contribution is -2.13. The maximum Gasteiger partial charge on any atom is 0.310 e. The van der Waals surface area contributed by atoms with Gasteiger partial charge in [0.05, 0.1) is 5.92 Å². The molecule has 1 N–H and O–H groups in total. The van der Waals surface area contributed by atoms with E-state index in [2.05, 4.69) is 0 Å². The van der Waals surface area contributed by atoms with Gasteiger partial charge in [-0.3, -0.25) is 4.79 Å². The average Bonchev–Trinajstić information content (AvgIpc) is 2.05. The summed E-state index contributed by atoms with van der Waals surface area (Å²) in [4.78, 5) is 10.5. The van der Waals surface area contributed by atoms with Crippen molar-refractivity contribution in [3.63, 3.8) is 0 Å². The first-order chi connectivity index (χ1) is 5.24. The summed E-state index contributed by atoms with van der Waals surface area (Å²) < 4.78 is 0. The molecule has 0 aromatic carbocycles. The second kappa shape index (κ2) is 3.37. The Morgan fingerprint density at radius 1 is 1.82 bits per heavy atom. The Hall–Kier alpha value is -1.05. The molecule has 0 aliphatic heterocycles. The molecule has 11 heavy (non-hydrogen) atoms. The van der Waals surface area contributed by atoms with Gasteiger partial charge >= 0.3 is 5.97 Å². The van der Waals surface area contributed by atoms with Crippen molar-refractivity contribution >= 4 is 5.97 Å². The first-order valence-electron chi connectivity index (χ1n) is 3.83. The van der Waals surface area contributed by atoms with Crippen LogP contribution >= 0.6 is 0 Å². The third-order valence-corrected chi connectivity index (χ3v) is 1.93. The van der Waals surface area contributed by atoms with Crippen LogP contribution in [0.4, 0.5) is 0 Å². The Morgan fingerprint density at radius 3 is 3.09 bits per heavy atom. The number of hydrogen-bond donors (Lipinski definition) is 1. The average molecular weight is 152 g/mol. The van der Waals surface area contributed by atoms with Crippen molar-refractivity contribution < 1.29 is 9.90 Å². The highest BCUT2D eigenvalue weighted by Gasteiger charge is 2.16. The van der Waals surface area contributed by atoms with Crippen LogP contribution < -0.4 is 0 Å². The normalized spacial score (nSPS) is 23.0. The molecule has 0 fully saturated rings. The summed E-state index contributed by atoms with van der Waals surface area (Å²) in [6, 6.07) is 0. The van der Waals surface area contributed by atoms with Crippen LogP contribution in [0.1, 0.15) is 19.8 Å². The number of rotatable bonds is 2. The summed E-state index contributed by atoms with van der Waals surface area (Å²) in [5, 5.41) is 8.67. The third kappa shape index (κ3) is 1.93. The van der Waals surface area contributed by atoms with Crippen LogP contribution in [0.2, 0.25) is 0 Å². The van der Waals surface area contributed by atoms with Gasteiger partial charge in [-0.05, 0) is 12.8 Å². The summed E-state index contributed by atoms with van der Waals surface area (Å²) in [7, 11) is 0. The Balaban J connectivity index is 2.62. The van der Waals surface area contributed by atoms with Gasteiger partial charge < -0.3 is 5.11 Å². The fourth-order valence-electron chi connectivity index (χ4n) is 1.18. The van der Waals surface area contributed by atoms with Crippen molar-refractivity contribution in [1.29, 1.82) is 0 Å². The third-order valence-electron chi connectivity index (χ3n) is 1.93. The fourth-order valence-corrected chi connectivity index (χ4v) is 1.18. The zero-order valence-electron chi connectivity index (χ0n) is 6.58. The molecule has 0 heterocycles. The van der Waals surface area contributed by atoms with Crippen molar-refractivity contribution in [2.45, 2.75) is 19.8 Å². The molecule has 0 saturated heterocycles. The van der Waals surface area contributed by atoms with Gasteiger partial charge in [0, 0.05) is 0 Å². The number of carboxylic acid groups (broad SMARTS) is 1. The molecule has 1 aliphatic carbocycles. The summed E-state index contributed by atoms with van der Waals surface area (Å²) in [5.41, 5.74) is 1.22. The van der Waals surface area contributed by atoms with Gasteiger partial charge in [0.1, 0.15) is 0 Å². The van der Waals surface area contributed by atoms with Gasteiger partial charge in [-0.25, -0.2) is 0 Å². The van der Waals surface area contributed by atoms with E-state index in [0.717, 1.165) is 6.42 Å². The lowest BCUT2D eigenvalue weighted by molar-refractivity contribution is -0.140. The minimum atomic E-state index is -0.722. The summed E-state index contributed by atoms with van der Waals surface area (Å²) >= 11 is 0. The fraction of sp³-hybridized carbons (Fsp3) is 0.444. The Bertz CT molecular complexity index is 214. The monoisotopic (exact) mass is 152 g/mol. The van der Waals surface area contributed by atoms with Gasteiger partial charge in [0.15, 0.2) is 0 Å². The van der Waals surface area contributed by atoms with Crippen LogP contribution in [0.25, 0.3) is 0 Å². The van der Waals surface area contributed by atoms with E-state index in [1.165, 1.54) is 5.57 Å². The van der Waals surface area contributed by atoms with Gasteiger partial charge in [0.2, 0.25) is 0 Å². The summed E-state index contributed by atoms with van der Waals surface area (Å²) in [6.45, 7) is 2.05. The second-order valence-electron chi connectivity index (χ2n) is 2.71. The van der Waals surface area contributed by atoms with Crippen molar-refractivity contribution in [1.82, 2.24) is 0 Å². The molecule has 2 nitrogen and oxygen atoms in total. The highest BCUT2D eigenvalue weighted by Crippen LogP contribution is 2.20. The van der Waals surface area contributed by atoms with Crippen LogP contribution in [-0.2, 0) is 4.79 Å². The van der Waals surface area contributed by atoms with Crippen LogP contribution in [0, 0.1) is 5.92 Å². The van der Waals surface area contributed by atoms with E-state index in [4.69, 9.17) is 5.11 Å². The molecule has 0 amide bonds. The van der Waals surface area contributed by atoms with E-state index >= 15 is 0 Å². The molecular weight excluding hydrogens is 140 g/mol. The molecule has 0 bridgehead atoms. The predicted molar refractivity (Wildman–Crippen MR) is 43.3 cm³/mol. The maximum absolute atomic E-state index is 10.5. The standard InChI is InChI=1S/C9H12O2/c1-2-7-4-3-5-8(6-7)9(10)11/h3-5,8H,2,6H2,1H3,(H,10,11). The minimum absolute atomic E-state index is 0.296. The van der Waals surface area contributed by atoms with Crippen molar-refractivity contribution in [2.75, 3.05) is 0 Å². The van der Waals surface area contributed by atoms with E-state index in [0.29, 0.717) is 6.42 Å². The molecular formula is C9H12O2. The van der Waals surface area contributed by atoms with Crippen LogP contribution in [0.5, 0.6) is 0 Å². The lowest BCUT2D eigenvalue weighted by atomic mass is 9.93. The van der Waals surface area contributed by atoms with Crippen LogP contribution in [0.15, 0.2) is 23.8 Å². The van der Waals surface area contributed by atoms with Crippen molar-refractivity contribution in [2.24, 2.45) is 5.92 Å². The number of aliphatic carboxylic acids is 1. The first kappa shape index (κ1) is 8.05. The zero-order valence-corrected chi connectivity index (χ0v) is 6.58. The Kier molecular flexibility index (Phi) is 2.47. The predicted octanol–water partition coefficient (Wildman–Crippen LogP) is 1.98. The van der Waals surface area contributed by atoms with Crippen LogP contribution in [0.3, 0.4) is 0 Å². The molecule has 60 valence electrons. The lowest BCUT2D eigenvalue weighted by Gasteiger charge is -2.12. The Labute approximate surface area is 66.2 Å². The number of carbonyl (C=O) groups is 1. The topological polar surface area (TPSA) is 37.3 Å². The second-order valence-corrected chi connectivity index (χ2v) is 2.71. The van der Waals surface area contributed by atoms with Crippen molar-refractivity contribution in [3.05, 3.63) is 23.8 Å². The largest absolute Gasteiger partial charge is 0.481 e. The van der Waals surface area contributed by atoms with Gasteiger partial charge in [0.25, 0.3) is 0 Å². The van der Waals surface area contributed by atoms with E-state index in [9.17, 15) is 4.79 Å². The molecule has 1 rings (SSSR count). The molecule has 1 atom stereocenters.